The van der Waals surface area contributed by atoms with Crippen LogP contribution in [-0.4, -0.2) is 39.2 Å². The summed E-state index contributed by atoms with van der Waals surface area (Å²) in [7, 11) is 0. The lowest BCUT2D eigenvalue weighted by molar-refractivity contribution is -0.130. The smallest absolute Gasteiger partial charge is 0.267 e. The Morgan fingerprint density at radius 2 is 2.04 bits per heavy atom. The summed E-state index contributed by atoms with van der Waals surface area (Å²) in [5, 5.41) is 16.8. The minimum Gasteiger partial charge on any atom is -0.385 e. The van der Waals surface area contributed by atoms with Crippen molar-refractivity contribution in [3.05, 3.63) is 57.5 Å². The van der Waals surface area contributed by atoms with Crippen LogP contribution in [0.4, 0.5) is 0 Å². The second kappa shape index (κ2) is 6.43. The molecule has 26 heavy (non-hydrogen) atoms. The molecule has 6 heteroatoms. The molecule has 138 valence electrons. The van der Waals surface area contributed by atoms with Gasteiger partial charge in [-0.05, 0) is 37.7 Å². The van der Waals surface area contributed by atoms with Crippen LogP contribution in [0.3, 0.4) is 0 Å². The van der Waals surface area contributed by atoms with E-state index in [1.54, 1.807) is 6.92 Å². The van der Waals surface area contributed by atoms with Gasteiger partial charge in [-0.25, -0.2) is 0 Å². The number of aromatic nitrogens is 2. The summed E-state index contributed by atoms with van der Waals surface area (Å²) in [4.78, 5) is 26.5. The van der Waals surface area contributed by atoms with Gasteiger partial charge in [0.05, 0.1) is 12.0 Å². The molecule has 0 spiro atoms. The minimum absolute atomic E-state index is 0.0389. The van der Waals surface area contributed by atoms with Crippen LogP contribution in [0.2, 0.25) is 0 Å². The molecule has 1 saturated carbocycles. The van der Waals surface area contributed by atoms with Crippen LogP contribution in [0.15, 0.2) is 35.1 Å². The van der Waals surface area contributed by atoms with Gasteiger partial charge < -0.3 is 15.1 Å². The number of amides is 1. The van der Waals surface area contributed by atoms with Crippen LogP contribution >= 0.6 is 0 Å². The molecule has 1 aromatic carbocycles. The molecule has 2 fully saturated rings. The lowest BCUT2D eigenvalue weighted by Gasteiger charge is -2.41. The highest BCUT2D eigenvalue weighted by molar-refractivity contribution is 5.79. The summed E-state index contributed by atoms with van der Waals surface area (Å²) in [5.74, 6) is 0.319. The van der Waals surface area contributed by atoms with Crippen molar-refractivity contribution >= 4 is 5.91 Å². The number of likely N-dealkylation sites (tertiary alicyclic amines) is 1. The lowest BCUT2D eigenvalue weighted by atomic mass is 9.67. The van der Waals surface area contributed by atoms with Crippen LogP contribution < -0.4 is 5.56 Å². The first-order valence-electron chi connectivity index (χ1n) is 9.31. The van der Waals surface area contributed by atoms with Crippen molar-refractivity contribution in [1.82, 2.24) is 15.1 Å². The van der Waals surface area contributed by atoms with Gasteiger partial charge in [0.2, 0.25) is 5.91 Å². The molecule has 2 aromatic rings. The normalized spacial score (nSPS) is 28.2. The van der Waals surface area contributed by atoms with Gasteiger partial charge in [-0.2, -0.15) is 0 Å². The molecule has 1 aromatic heterocycles. The highest BCUT2D eigenvalue weighted by atomic mass is 16.3. The zero-order chi connectivity index (χ0) is 18.3. The van der Waals surface area contributed by atoms with Crippen LogP contribution in [0.5, 0.6) is 0 Å². The monoisotopic (exact) mass is 355 g/mol. The predicted molar refractivity (Wildman–Crippen MR) is 97.6 cm³/mol. The molecule has 0 radical (unpaired) electrons. The number of carbonyl (C=O) groups excluding carboxylic acids is 1. The molecule has 1 saturated heterocycles. The van der Waals surface area contributed by atoms with E-state index in [2.05, 4.69) is 10.2 Å². The number of aryl methyl sites for hydroxylation is 1. The van der Waals surface area contributed by atoms with E-state index in [0.717, 1.165) is 24.8 Å². The summed E-state index contributed by atoms with van der Waals surface area (Å²) in [6, 6.07) is 9.82. The summed E-state index contributed by atoms with van der Waals surface area (Å²) >= 11 is 0. The van der Waals surface area contributed by atoms with Crippen molar-refractivity contribution in [1.29, 1.82) is 0 Å². The van der Waals surface area contributed by atoms with E-state index in [1.807, 2.05) is 35.2 Å². The first-order chi connectivity index (χ1) is 12.5. The van der Waals surface area contributed by atoms with Gasteiger partial charge in [0.25, 0.3) is 5.56 Å². The average molecular weight is 355 g/mol. The van der Waals surface area contributed by atoms with Crippen molar-refractivity contribution in [2.45, 2.75) is 38.2 Å². The largest absolute Gasteiger partial charge is 0.385 e. The fourth-order valence-electron chi connectivity index (χ4n) is 4.76. The van der Waals surface area contributed by atoms with Crippen molar-refractivity contribution in [2.24, 2.45) is 11.8 Å². The third-order valence-corrected chi connectivity index (χ3v) is 6.23. The van der Waals surface area contributed by atoms with Crippen LogP contribution in [-0.2, 0) is 16.8 Å². The standard InChI is InChI=1S/C20H25N3O3/c1-13-16(19(25)22-21-13)10-18(24)23-11-14-6-5-9-20(26,17(14)12-23)15-7-3-2-4-8-15/h2-4,7-8,14,17,26H,5-6,9-12H2,1H3,(H2,21,22,25)/t14-,17+,20+/m0/s1. The maximum atomic E-state index is 12.8. The molecule has 1 aliphatic heterocycles. The van der Waals surface area contributed by atoms with E-state index in [9.17, 15) is 14.7 Å². The molecule has 2 aliphatic rings. The van der Waals surface area contributed by atoms with Crippen molar-refractivity contribution in [2.75, 3.05) is 13.1 Å². The van der Waals surface area contributed by atoms with E-state index < -0.39 is 5.60 Å². The fourth-order valence-corrected chi connectivity index (χ4v) is 4.76. The van der Waals surface area contributed by atoms with Crippen LogP contribution in [0.25, 0.3) is 0 Å². The molecule has 1 amide bonds. The van der Waals surface area contributed by atoms with Crippen LogP contribution in [0.1, 0.15) is 36.1 Å². The Morgan fingerprint density at radius 3 is 2.73 bits per heavy atom. The third-order valence-electron chi connectivity index (χ3n) is 6.23. The number of fused-ring (bicyclic) bond motifs is 1. The number of hydrogen-bond donors (Lipinski definition) is 3. The Balaban J connectivity index is 1.54. The van der Waals surface area contributed by atoms with Crippen molar-refractivity contribution < 1.29 is 9.90 Å². The summed E-state index contributed by atoms with van der Waals surface area (Å²) in [6.07, 6.45) is 2.84. The topological polar surface area (TPSA) is 89.2 Å². The van der Waals surface area contributed by atoms with Crippen molar-refractivity contribution in [3.8, 4) is 0 Å². The second-order valence-corrected chi connectivity index (χ2v) is 7.71. The SMILES string of the molecule is Cc1[nH][nH]c(=O)c1CC(=O)N1C[C@@H]2CCC[C@@](O)(c3ccccc3)[C@@H]2C1. The Labute approximate surface area is 152 Å². The molecule has 0 bridgehead atoms. The minimum atomic E-state index is -0.874. The molecule has 3 atom stereocenters. The summed E-state index contributed by atoms with van der Waals surface area (Å²) in [6.45, 7) is 3.01. The number of aliphatic hydroxyl groups is 1. The number of aromatic amines is 2. The van der Waals surface area contributed by atoms with Gasteiger partial charge in [0, 0.05) is 30.3 Å². The molecular weight excluding hydrogens is 330 g/mol. The average Bonchev–Trinajstić information content (AvgIpc) is 3.22. The van der Waals surface area contributed by atoms with E-state index in [-0.39, 0.29) is 23.8 Å². The Morgan fingerprint density at radius 1 is 1.27 bits per heavy atom. The fraction of sp³-hybridized carbons (Fsp3) is 0.500. The maximum Gasteiger partial charge on any atom is 0.267 e. The van der Waals surface area contributed by atoms with Gasteiger partial charge in [0.1, 0.15) is 0 Å². The van der Waals surface area contributed by atoms with Gasteiger partial charge in [-0.1, -0.05) is 30.3 Å². The molecule has 0 unspecified atom stereocenters. The number of H-pyrrole nitrogens is 2. The van der Waals surface area contributed by atoms with Gasteiger partial charge >= 0.3 is 0 Å². The number of carbonyl (C=O) groups is 1. The Hall–Kier alpha value is -2.34. The molecule has 1 aliphatic carbocycles. The highest BCUT2D eigenvalue weighted by Crippen LogP contribution is 2.48. The first kappa shape index (κ1) is 17.1. The molecular formula is C20H25N3O3. The van der Waals surface area contributed by atoms with Crippen molar-refractivity contribution in [3.63, 3.8) is 0 Å². The number of hydrogen-bond acceptors (Lipinski definition) is 3. The number of benzene rings is 1. The number of rotatable bonds is 3. The van der Waals surface area contributed by atoms with Gasteiger partial charge in [-0.3, -0.25) is 14.7 Å². The first-order valence-corrected chi connectivity index (χ1v) is 9.31. The van der Waals surface area contributed by atoms with E-state index >= 15 is 0 Å². The van der Waals surface area contributed by atoms with E-state index in [0.29, 0.717) is 30.3 Å². The summed E-state index contributed by atoms with van der Waals surface area (Å²) in [5.41, 5.74) is 1.06. The van der Waals surface area contributed by atoms with Gasteiger partial charge in [-0.15, -0.1) is 0 Å². The van der Waals surface area contributed by atoms with E-state index in [4.69, 9.17) is 0 Å². The molecule has 6 nitrogen and oxygen atoms in total. The second-order valence-electron chi connectivity index (χ2n) is 7.71. The quantitative estimate of drug-likeness (QED) is 0.783. The number of nitrogens with one attached hydrogen (secondary N) is 2. The zero-order valence-corrected chi connectivity index (χ0v) is 15.0. The lowest BCUT2D eigenvalue weighted by Crippen LogP contribution is -2.43. The molecule has 2 heterocycles. The third kappa shape index (κ3) is 2.78. The maximum absolute atomic E-state index is 12.8. The number of nitrogens with zero attached hydrogens (tertiary/aromatic N) is 1. The highest BCUT2D eigenvalue weighted by Gasteiger charge is 2.50. The Kier molecular flexibility index (Phi) is 4.23. The summed E-state index contributed by atoms with van der Waals surface area (Å²) < 4.78 is 0. The van der Waals surface area contributed by atoms with Gasteiger partial charge in [0.15, 0.2) is 0 Å². The van der Waals surface area contributed by atoms with E-state index in [1.165, 1.54) is 0 Å². The predicted octanol–water partition coefficient (Wildman–Crippen LogP) is 1.70. The zero-order valence-electron chi connectivity index (χ0n) is 15.0. The molecule has 4 rings (SSSR count). The van der Waals surface area contributed by atoms with Crippen LogP contribution in [0, 0.1) is 18.8 Å². The Bertz CT molecular complexity index is 857. The molecule has 3 N–H and O–H groups in total.